The summed E-state index contributed by atoms with van der Waals surface area (Å²) < 4.78 is 37.8. The van der Waals surface area contributed by atoms with Crippen molar-refractivity contribution in [3.05, 3.63) is 22.2 Å². The van der Waals surface area contributed by atoms with Crippen LogP contribution < -0.4 is 9.88 Å². The standard InChI is InChI=1S/C11H15Cl2NO5S/c1-17-4-5-18-6-7-19-8-2-3-9(20(14,15)16)11(13)10(8)12/h2-3H,4-7H2,1H3,(H2,14,15,16). The molecule has 0 aliphatic heterocycles. The number of ether oxygens (including phenoxy) is 3. The Morgan fingerprint density at radius 2 is 1.75 bits per heavy atom. The number of hydrogen-bond donors (Lipinski definition) is 1. The van der Waals surface area contributed by atoms with Crippen LogP contribution >= 0.6 is 23.2 Å². The van der Waals surface area contributed by atoms with E-state index in [1.165, 1.54) is 12.1 Å². The lowest BCUT2D eigenvalue weighted by Crippen LogP contribution is -2.13. The van der Waals surface area contributed by atoms with Crippen LogP contribution in [0, 0.1) is 0 Å². The highest BCUT2D eigenvalue weighted by Gasteiger charge is 2.18. The van der Waals surface area contributed by atoms with E-state index >= 15 is 0 Å². The van der Waals surface area contributed by atoms with E-state index in [9.17, 15) is 8.42 Å². The zero-order chi connectivity index (χ0) is 15.2. The van der Waals surface area contributed by atoms with Crippen LogP contribution in [-0.2, 0) is 19.5 Å². The number of nitrogens with two attached hydrogens (primary N) is 1. The molecule has 0 fully saturated rings. The van der Waals surface area contributed by atoms with Crippen molar-refractivity contribution in [2.24, 2.45) is 5.14 Å². The molecule has 114 valence electrons. The molecule has 1 aromatic rings. The van der Waals surface area contributed by atoms with Gasteiger partial charge in [0.2, 0.25) is 10.0 Å². The number of benzene rings is 1. The second kappa shape index (κ2) is 8.02. The number of rotatable bonds is 8. The van der Waals surface area contributed by atoms with Crippen LogP contribution in [0.25, 0.3) is 0 Å². The summed E-state index contributed by atoms with van der Waals surface area (Å²) in [6.45, 7) is 1.54. The van der Waals surface area contributed by atoms with Gasteiger partial charge in [0.05, 0.1) is 24.8 Å². The lowest BCUT2D eigenvalue weighted by atomic mass is 10.3. The maximum atomic E-state index is 11.2. The van der Waals surface area contributed by atoms with Crippen molar-refractivity contribution in [2.45, 2.75) is 4.90 Å². The first-order valence-corrected chi connectivity index (χ1v) is 7.88. The molecular weight excluding hydrogens is 329 g/mol. The lowest BCUT2D eigenvalue weighted by Gasteiger charge is -2.11. The summed E-state index contributed by atoms with van der Waals surface area (Å²) >= 11 is 11.8. The van der Waals surface area contributed by atoms with Gasteiger partial charge in [-0.1, -0.05) is 23.2 Å². The van der Waals surface area contributed by atoms with Gasteiger partial charge in [-0.2, -0.15) is 0 Å². The van der Waals surface area contributed by atoms with Gasteiger partial charge in [0, 0.05) is 7.11 Å². The van der Waals surface area contributed by atoms with Gasteiger partial charge < -0.3 is 14.2 Å². The molecule has 0 radical (unpaired) electrons. The van der Waals surface area contributed by atoms with Gasteiger partial charge in [0.15, 0.2) is 0 Å². The van der Waals surface area contributed by atoms with Crippen molar-refractivity contribution >= 4 is 33.2 Å². The first kappa shape index (κ1) is 17.5. The average molecular weight is 344 g/mol. The quantitative estimate of drug-likeness (QED) is 0.725. The highest BCUT2D eigenvalue weighted by Crippen LogP contribution is 2.36. The fourth-order valence-electron chi connectivity index (χ4n) is 1.30. The highest BCUT2D eigenvalue weighted by molar-refractivity contribution is 7.89. The third kappa shape index (κ3) is 5.08. The molecule has 1 rings (SSSR count). The van der Waals surface area contributed by atoms with Gasteiger partial charge >= 0.3 is 0 Å². The number of primary sulfonamides is 1. The normalized spacial score (nSPS) is 11.6. The third-order valence-corrected chi connectivity index (χ3v) is 4.16. The Morgan fingerprint density at radius 1 is 1.10 bits per heavy atom. The molecule has 2 N–H and O–H groups in total. The fraction of sp³-hybridized carbons (Fsp3) is 0.455. The predicted octanol–water partition coefficient (Wildman–Crippen LogP) is 1.68. The molecule has 0 bridgehead atoms. The predicted molar refractivity (Wildman–Crippen MR) is 76.0 cm³/mol. The molecule has 1 aromatic carbocycles. The molecule has 0 saturated carbocycles. The summed E-state index contributed by atoms with van der Waals surface area (Å²) in [4.78, 5) is -0.243. The maximum absolute atomic E-state index is 11.2. The second-order valence-corrected chi connectivity index (χ2v) is 5.97. The molecule has 0 aromatic heterocycles. The van der Waals surface area contributed by atoms with Crippen LogP contribution in [0.5, 0.6) is 5.75 Å². The van der Waals surface area contributed by atoms with Gasteiger partial charge in [-0.05, 0) is 12.1 Å². The van der Waals surface area contributed by atoms with Crippen LogP contribution in [0.2, 0.25) is 10.0 Å². The van der Waals surface area contributed by atoms with Crippen molar-refractivity contribution in [1.29, 1.82) is 0 Å². The van der Waals surface area contributed by atoms with Gasteiger partial charge in [-0.15, -0.1) is 0 Å². The zero-order valence-electron chi connectivity index (χ0n) is 10.8. The minimum atomic E-state index is -3.92. The van der Waals surface area contributed by atoms with Gasteiger partial charge in [0.25, 0.3) is 0 Å². The van der Waals surface area contributed by atoms with E-state index in [1.807, 2.05) is 0 Å². The van der Waals surface area contributed by atoms with E-state index in [0.29, 0.717) is 19.8 Å². The monoisotopic (exact) mass is 343 g/mol. The lowest BCUT2D eigenvalue weighted by molar-refractivity contribution is 0.0544. The molecule has 0 amide bonds. The molecule has 0 aliphatic carbocycles. The molecular formula is C11H15Cl2NO5S. The summed E-state index contributed by atoms with van der Waals surface area (Å²) in [5.74, 6) is 0.263. The van der Waals surface area contributed by atoms with Crippen LogP contribution in [0.3, 0.4) is 0 Å². The summed E-state index contributed by atoms with van der Waals surface area (Å²) in [5.41, 5.74) is 0. The number of hydrogen-bond acceptors (Lipinski definition) is 5. The highest BCUT2D eigenvalue weighted by atomic mass is 35.5. The molecule has 0 saturated heterocycles. The molecule has 0 atom stereocenters. The molecule has 0 unspecified atom stereocenters. The van der Waals surface area contributed by atoms with E-state index in [-0.39, 0.29) is 27.3 Å². The SMILES string of the molecule is COCCOCCOc1ccc(S(N)(=O)=O)c(Cl)c1Cl. The second-order valence-electron chi connectivity index (χ2n) is 3.69. The maximum Gasteiger partial charge on any atom is 0.239 e. The van der Waals surface area contributed by atoms with Crippen LogP contribution in [0.1, 0.15) is 0 Å². The minimum absolute atomic E-state index is 0.00455. The van der Waals surface area contributed by atoms with E-state index in [2.05, 4.69) is 0 Å². The molecule has 9 heteroatoms. The Bertz CT molecular complexity index is 550. The van der Waals surface area contributed by atoms with Crippen LogP contribution in [0.15, 0.2) is 17.0 Å². The smallest absolute Gasteiger partial charge is 0.239 e. The fourth-order valence-corrected chi connectivity index (χ4v) is 2.66. The Labute approximate surface area is 127 Å². The molecule has 20 heavy (non-hydrogen) atoms. The van der Waals surface area contributed by atoms with E-state index in [1.54, 1.807) is 7.11 Å². The van der Waals surface area contributed by atoms with Gasteiger partial charge in [0.1, 0.15) is 22.3 Å². The number of halogens is 2. The largest absolute Gasteiger partial charge is 0.490 e. The summed E-state index contributed by atoms with van der Waals surface area (Å²) in [7, 11) is -2.34. The summed E-state index contributed by atoms with van der Waals surface area (Å²) in [5, 5.41) is 4.84. The third-order valence-electron chi connectivity index (χ3n) is 2.24. The number of sulfonamides is 1. The molecule has 0 heterocycles. The van der Waals surface area contributed by atoms with Crippen molar-refractivity contribution < 1.29 is 22.6 Å². The summed E-state index contributed by atoms with van der Waals surface area (Å²) in [6, 6.07) is 2.63. The van der Waals surface area contributed by atoms with Crippen molar-refractivity contribution in [3.8, 4) is 5.75 Å². The Kier molecular flexibility index (Phi) is 7.01. The van der Waals surface area contributed by atoms with Crippen LogP contribution in [-0.4, -0.2) is 42.0 Å². The first-order chi connectivity index (χ1) is 9.38. The molecule has 0 aliphatic rings. The molecule has 6 nitrogen and oxygen atoms in total. The Hall–Kier alpha value is -0.570. The Morgan fingerprint density at radius 3 is 2.35 bits per heavy atom. The van der Waals surface area contributed by atoms with Crippen LogP contribution in [0.4, 0.5) is 0 Å². The topological polar surface area (TPSA) is 87.8 Å². The zero-order valence-corrected chi connectivity index (χ0v) is 13.1. The van der Waals surface area contributed by atoms with E-state index < -0.39 is 10.0 Å². The first-order valence-electron chi connectivity index (χ1n) is 5.58. The van der Waals surface area contributed by atoms with E-state index in [0.717, 1.165) is 0 Å². The average Bonchev–Trinajstić information content (AvgIpc) is 2.37. The van der Waals surface area contributed by atoms with Gasteiger partial charge in [-0.3, -0.25) is 0 Å². The molecule has 0 spiro atoms. The van der Waals surface area contributed by atoms with E-state index in [4.69, 9.17) is 42.6 Å². The Balaban J connectivity index is 2.63. The van der Waals surface area contributed by atoms with Gasteiger partial charge in [-0.25, -0.2) is 13.6 Å². The van der Waals surface area contributed by atoms with Crippen molar-refractivity contribution in [1.82, 2.24) is 0 Å². The van der Waals surface area contributed by atoms with Crippen molar-refractivity contribution in [3.63, 3.8) is 0 Å². The number of methoxy groups -OCH3 is 1. The van der Waals surface area contributed by atoms with Crippen molar-refractivity contribution in [2.75, 3.05) is 33.5 Å². The summed E-state index contributed by atoms with van der Waals surface area (Å²) in [6.07, 6.45) is 0. The minimum Gasteiger partial charge on any atom is -0.490 e.